The fourth-order valence-electron chi connectivity index (χ4n) is 2.13. The molecule has 0 saturated carbocycles. The van der Waals surface area contributed by atoms with Crippen LogP contribution in [0.1, 0.15) is 22.0 Å². The fourth-order valence-corrected chi connectivity index (χ4v) is 2.38. The Labute approximate surface area is 136 Å². The molecule has 3 aromatic rings. The molecule has 0 radical (unpaired) electrons. The second-order valence-corrected chi connectivity index (χ2v) is 5.27. The van der Waals surface area contributed by atoms with Gasteiger partial charge in [0.1, 0.15) is 11.5 Å². The van der Waals surface area contributed by atoms with Crippen molar-refractivity contribution in [2.45, 2.75) is 13.5 Å². The molecule has 9 heteroatoms. The van der Waals surface area contributed by atoms with E-state index in [9.17, 15) is 4.79 Å². The zero-order valence-corrected chi connectivity index (χ0v) is 13.3. The molecular formula is C14H14ClN7O. The van der Waals surface area contributed by atoms with Gasteiger partial charge in [-0.25, -0.2) is 4.98 Å². The van der Waals surface area contributed by atoms with Crippen LogP contribution in [0.25, 0.3) is 11.4 Å². The van der Waals surface area contributed by atoms with Crippen LogP contribution in [0.5, 0.6) is 0 Å². The van der Waals surface area contributed by atoms with Crippen molar-refractivity contribution in [2.75, 3.05) is 0 Å². The molecule has 0 atom stereocenters. The molecule has 0 aromatic carbocycles. The number of amides is 1. The number of aryl methyl sites for hydroxylation is 2. The highest BCUT2D eigenvalue weighted by Gasteiger charge is 2.18. The van der Waals surface area contributed by atoms with Gasteiger partial charge in [0.2, 0.25) is 0 Å². The molecule has 0 spiro atoms. The third-order valence-corrected chi connectivity index (χ3v) is 3.70. The minimum Gasteiger partial charge on any atom is -0.343 e. The van der Waals surface area contributed by atoms with Gasteiger partial charge in [-0.2, -0.15) is 10.2 Å². The van der Waals surface area contributed by atoms with E-state index in [1.807, 2.05) is 12.1 Å². The summed E-state index contributed by atoms with van der Waals surface area (Å²) in [4.78, 5) is 20.5. The molecule has 0 aliphatic rings. The number of carbonyl (C=O) groups is 1. The second kappa shape index (κ2) is 6.17. The maximum Gasteiger partial charge on any atom is 0.271 e. The minimum absolute atomic E-state index is 0.206. The number of aromatic nitrogens is 6. The van der Waals surface area contributed by atoms with E-state index in [0.29, 0.717) is 28.1 Å². The van der Waals surface area contributed by atoms with Gasteiger partial charge in [0.25, 0.3) is 5.91 Å². The normalized spacial score (nSPS) is 10.7. The molecule has 118 valence electrons. The van der Waals surface area contributed by atoms with Crippen molar-refractivity contribution >= 4 is 17.5 Å². The van der Waals surface area contributed by atoms with Crippen LogP contribution in [-0.4, -0.2) is 35.9 Å². The molecule has 0 saturated heterocycles. The Kier molecular flexibility index (Phi) is 4.07. The van der Waals surface area contributed by atoms with Gasteiger partial charge in [0.15, 0.2) is 5.82 Å². The standard InChI is InChI=1S/C14H14ClN7O/c1-8-11(15)12(22(2)21-8)14(23)17-7-10-18-13(20-19-10)9-3-5-16-6-4-9/h3-6H,7H2,1-2H3,(H,17,23)(H,18,19,20). The van der Waals surface area contributed by atoms with Crippen LogP contribution in [0.2, 0.25) is 5.02 Å². The molecule has 23 heavy (non-hydrogen) atoms. The number of nitrogens with one attached hydrogen (secondary N) is 2. The number of H-pyrrole nitrogens is 1. The van der Waals surface area contributed by atoms with Crippen molar-refractivity contribution < 1.29 is 4.79 Å². The summed E-state index contributed by atoms with van der Waals surface area (Å²) in [5.41, 5.74) is 1.77. The lowest BCUT2D eigenvalue weighted by atomic mass is 10.2. The highest BCUT2D eigenvalue weighted by Crippen LogP contribution is 2.19. The molecular weight excluding hydrogens is 318 g/mol. The van der Waals surface area contributed by atoms with Gasteiger partial charge < -0.3 is 5.32 Å². The lowest BCUT2D eigenvalue weighted by Gasteiger charge is -2.03. The zero-order valence-electron chi connectivity index (χ0n) is 12.5. The molecule has 3 rings (SSSR count). The molecule has 2 N–H and O–H groups in total. The van der Waals surface area contributed by atoms with Gasteiger partial charge in [-0.05, 0) is 19.1 Å². The smallest absolute Gasteiger partial charge is 0.271 e. The Morgan fingerprint density at radius 1 is 1.39 bits per heavy atom. The quantitative estimate of drug-likeness (QED) is 0.754. The Bertz CT molecular complexity index is 840. The van der Waals surface area contributed by atoms with E-state index in [4.69, 9.17) is 11.6 Å². The van der Waals surface area contributed by atoms with Crippen molar-refractivity contribution in [3.05, 3.63) is 46.8 Å². The topological polar surface area (TPSA) is 101 Å². The van der Waals surface area contributed by atoms with Crippen molar-refractivity contribution in [1.29, 1.82) is 0 Å². The van der Waals surface area contributed by atoms with Crippen LogP contribution in [0.15, 0.2) is 24.5 Å². The van der Waals surface area contributed by atoms with Crippen molar-refractivity contribution in [3.8, 4) is 11.4 Å². The fraction of sp³-hybridized carbons (Fsp3) is 0.214. The lowest BCUT2D eigenvalue weighted by Crippen LogP contribution is -2.26. The molecule has 1 amide bonds. The van der Waals surface area contributed by atoms with Gasteiger partial charge >= 0.3 is 0 Å². The highest BCUT2D eigenvalue weighted by atomic mass is 35.5. The van der Waals surface area contributed by atoms with Crippen molar-refractivity contribution in [2.24, 2.45) is 7.05 Å². The Morgan fingerprint density at radius 2 is 2.13 bits per heavy atom. The van der Waals surface area contributed by atoms with E-state index in [2.05, 4.69) is 30.6 Å². The number of carbonyl (C=O) groups excluding carboxylic acids is 1. The Balaban J connectivity index is 1.69. The monoisotopic (exact) mass is 331 g/mol. The number of aromatic amines is 1. The summed E-state index contributed by atoms with van der Waals surface area (Å²) in [6.07, 6.45) is 3.33. The van der Waals surface area contributed by atoms with E-state index < -0.39 is 0 Å². The number of rotatable bonds is 4. The van der Waals surface area contributed by atoms with Crippen LogP contribution >= 0.6 is 11.6 Å². The summed E-state index contributed by atoms with van der Waals surface area (Å²) < 4.78 is 1.45. The molecule has 0 aliphatic carbocycles. The van der Waals surface area contributed by atoms with Crippen LogP contribution in [0, 0.1) is 6.92 Å². The summed E-state index contributed by atoms with van der Waals surface area (Å²) in [6.45, 7) is 1.95. The first kappa shape index (κ1) is 15.2. The summed E-state index contributed by atoms with van der Waals surface area (Å²) in [7, 11) is 1.67. The number of halogens is 1. The van der Waals surface area contributed by atoms with E-state index in [1.165, 1.54) is 4.68 Å². The number of hydrogen-bond acceptors (Lipinski definition) is 5. The lowest BCUT2D eigenvalue weighted by molar-refractivity contribution is 0.0940. The molecule has 0 unspecified atom stereocenters. The largest absolute Gasteiger partial charge is 0.343 e. The molecule has 3 heterocycles. The van der Waals surface area contributed by atoms with Crippen LogP contribution in [-0.2, 0) is 13.6 Å². The molecule has 3 aromatic heterocycles. The summed E-state index contributed by atoms with van der Waals surface area (Å²) in [5, 5.41) is 14.1. The third-order valence-electron chi connectivity index (χ3n) is 3.25. The third kappa shape index (κ3) is 3.07. The summed E-state index contributed by atoms with van der Waals surface area (Å²) in [6, 6.07) is 3.62. The first-order valence-corrected chi connectivity index (χ1v) is 7.23. The molecule has 8 nitrogen and oxygen atoms in total. The number of hydrogen-bond donors (Lipinski definition) is 2. The first-order chi connectivity index (χ1) is 11.1. The molecule has 0 fully saturated rings. The van der Waals surface area contributed by atoms with Gasteiger partial charge in [-0.1, -0.05) is 11.6 Å². The first-order valence-electron chi connectivity index (χ1n) is 6.85. The van der Waals surface area contributed by atoms with E-state index >= 15 is 0 Å². The summed E-state index contributed by atoms with van der Waals surface area (Å²) in [5.74, 6) is 0.770. The minimum atomic E-state index is -0.319. The van der Waals surface area contributed by atoms with Gasteiger partial charge in [-0.3, -0.25) is 19.6 Å². The van der Waals surface area contributed by atoms with E-state index in [-0.39, 0.29) is 12.5 Å². The Morgan fingerprint density at radius 3 is 2.78 bits per heavy atom. The van der Waals surface area contributed by atoms with E-state index in [1.54, 1.807) is 26.4 Å². The van der Waals surface area contributed by atoms with Crippen LogP contribution in [0.4, 0.5) is 0 Å². The predicted molar refractivity (Wildman–Crippen MR) is 83.7 cm³/mol. The Hall–Kier alpha value is -2.74. The van der Waals surface area contributed by atoms with E-state index in [0.717, 1.165) is 5.56 Å². The molecule has 0 aliphatic heterocycles. The van der Waals surface area contributed by atoms with Gasteiger partial charge in [-0.15, -0.1) is 0 Å². The maximum atomic E-state index is 12.2. The maximum absolute atomic E-state index is 12.2. The molecule has 0 bridgehead atoms. The van der Waals surface area contributed by atoms with Gasteiger partial charge in [0.05, 0.1) is 17.3 Å². The average Bonchev–Trinajstić information content (AvgIpc) is 3.11. The van der Waals surface area contributed by atoms with Crippen molar-refractivity contribution in [1.82, 2.24) is 35.3 Å². The average molecular weight is 332 g/mol. The predicted octanol–water partition coefficient (Wildman–Crippen LogP) is 1.49. The van der Waals surface area contributed by atoms with Crippen LogP contribution in [0.3, 0.4) is 0 Å². The second-order valence-electron chi connectivity index (χ2n) is 4.90. The van der Waals surface area contributed by atoms with Crippen LogP contribution < -0.4 is 5.32 Å². The highest BCUT2D eigenvalue weighted by molar-refractivity contribution is 6.34. The van der Waals surface area contributed by atoms with Crippen molar-refractivity contribution in [3.63, 3.8) is 0 Å². The van der Waals surface area contributed by atoms with Gasteiger partial charge in [0, 0.05) is 25.0 Å². The number of pyridine rings is 1. The SMILES string of the molecule is Cc1nn(C)c(C(=O)NCc2nc(-c3ccncc3)n[nH]2)c1Cl. The number of nitrogens with zero attached hydrogens (tertiary/aromatic N) is 5. The zero-order chi connectivity index (χ0) is 16.4. The summed E-state index contributed by atoms with van der Waals surface area (Å²) >= 11 is 6.09.